The zero-order valence-corrected chi connectivity index (χ0v) is 43.9. The van der Waals surface area contributed by atoms with Gasteiger partial charge in [-0.05, 0) is 93.6 Å². The number of guanidine groups is 1. The molecule has 400 valence electrons. The van der Waals surface area contributed by atoms with Gasteiger partial charge in [0.05, 0.1) is 64.2 Å². The second kappa shape index (κ2) is 31.2. The van der Waals surface area contributed by atoms with E-state index in [2.05, 4.69) is 58.1 Å². The van der Waals surface area contributed by atoms with Crippen molar-refractivity contribution in [3.05, 3.63) is 86.5 Å². The molecule has 1 saturated heterocycles. The number of nitrogens with one attached hydrogen (secondary N) is 4. The number of hydrogen-bond acceptors (Lipinski definition) is 16. The Bertz CT molecular complexity index is 2440. The molecule has 2 aliphatic rings. The van der Waals surface area contributed by atoms with Gasteiger partial charge in [-0.2, -0.15) is 5.26 Å². The number of nitriles is 1. The Labute approximate surface area is 448 Å². The van der Waals surface area contributed by atoms with Crippen molar-refractivity contribution in [1.29, 1.82) is 5.26 Å². The summed E-state index contributed by atoms with van der Waals surface area (Å²) in [7, 11) is 0. The van der Waals surface area contributed by atoms with Crippen LogP contribution in [0.25, 0.3) is 0 Å². The number of anilines is 2. The molecule has 1 fully saturated rings. The number of benzene rings is 2. The lowest BCUT2D eigenvalue weighted by atomic mass is 9.99. The molecule has 23 nitrogen and oxygen atoms in total. The van der Waals surface area contributed by atoms with Crippen molar-refractivity contribution in [2.45, 2.75) is 75.8 Å². The summed E-state index contributed by atoms with van der Waals surface area (Å²) >= 11 is 12.1. The molecule has 5 rings (SSSR count). The van der Waals surface area contributed by atoms with Crippen molar-refractivity contribution in [2.24, 2.45) is 4.99 Å². The number of pyridine rings is 1. The number of carboxylic acids is 1. The number of aromatic nitrogens is 1. The maximum atomic E-state index is 13.2. The van der Waals surface area contributed by atoms with Crippen LogP contribution in [0.15, 0.2) is 80.9 Å². The van der Waals surface area contributed by atoms with Crippen LogP contribution < -0.4 is 35.3 Å². The second-order valence-electron chi connectivity index (χ2n) is 16.4. The van der Waals surface area contributed by atoms with E-state index in [-0.39, 0.29) is 104 Å². The zero-order valence-electron chi connectivity index (χ0n) is 40.0. The summed E-state index contributed by atoms with van der Waals surface area (Å²) in [6.45, 7) is 2.53. The van der Waals surface area contributed by atoms with Crippen molar-refractivity contribution in [3.8, 4) is 17.7 Å². The van der Waals surface area contributed by atoms with E-state index in [0.29, 0.717) is 29.4 Å². The first-order chi connectivity index (χ1) is 35.6. The molecule has 4 amide bonds. The van der Waals surface area contributed by atoms with E-state index in [1.54, 1.807) is 48.8 Å². The van der Waals surface area contributed by atoms with Crippen LogP contribution in [0.2, 0.25) is 5.02 Å². The number of carboxylic acid groups (broad SMARTS) is 1. The number of ether oxygens (including phenoxy) is 6. The van der Waals surface area contributed by atoms with E-state index in [4.69, 9.17) is 40.0 Å². The standard InChI is InChI=1S/C48H57Br2ClN8O15/c49-38-39(50)45(66)59(44(38)65)19-22-70-24-26-71-25-23-69-21-14-36(60)53-16-11-37(61)57-34-27-30(5-10-35(34)73-47-42(64)40(62)41(63)43(74-47)46(67)68)28-58-17-12-32(13-18-58)56-48(55-29-52)54-15-3-1-2-4-20-72-33-8-6-31(51)7-9-33/h5-10,12-13,17-18,27,40-43,47,62-64H,1-4,11,14-16,19-26,28H2,(H4,53,54,55,57,60,61,67,68)/p+1/t40-,41-,42+,43-,47+/m0/s1. The highest BCUT2D eigenvalue weighted by Crippen LogP contribution is 2.32. The van der Waals surface area contributed by atoms with Crippen LogP contribution in [-0.2, 0) is 49.5 Å². The largest absolute Gasteiger partial charge is 0.494 e. The van der Waals surface area contributed by atoms with Gasteiger partial charge in [-0.25, -0.2) is 9.36 Å². The number of aliphatic carboxylic acids is 1. The van der Waals surface area contributed by atoms with Crippen LogP contribution in [0, 0.1) is 11.5 Å². The van der Waals surface area contributed by atoms with E-state index in [1.807, 2.05) is 22.9 Å². The Morgan fingerprint density at radius 2 is 1.46 bits per heavy atom. The quantitative estimate of drug-likeness (QED) is 0.00905. The highest BCUT2D eigenvalue weighted by atomic mass is 79.9. The molecular weight excluding hydrogens is 1120 g/mol. The van der Waals surface area contributed by atoms with Gasteiger partial charge in [0.1, 0.15) is 38.8 Å². The van der Waals surface area contributed by atoms with Gasteiger partial charge >= 0.3 is 5.97 Å². The first-order valence-electron chi connectivity index (χ1n) is 23.4. The number of aliphatic hydroxyl groups is 3. The van der Waals surface area contributed by atoms with Gasteiger partial charge in [0, 0.05) is 48.6 Å². The van der Waals surface area contributed by atoms with Gasteiger partial charge < -0.3 is 64.8 Å². The molecule has 0 spiro atoms. The van der Waals surface area contributed by atoms with Gasteiger partial charge in [-0.1, -0.05) is 18.0 Å². The molecule has 0 aliphatic carbocycles. The Kier molecular flexibility index (Phi) is 24.9. The summed E-state index contributed by atoms with van der Waals surface area (Å²) in [6, 6.07) is 15.5. The fraction of sp³-hybridized carbons (Fsp3) is 0.458. The number of hydrogen-bond donors (Lipinski definition) is 8. The van der Waals surface area contributed by atoms with Crippen LogP contribution in [-0.4, -0.2) is 157 Å². The number of halogens is 3. The third-order valence-corrected chi connectivity index (χ3v) is 13.1. The molecule has 8 N–H and O–H groups in total. The van der Waals surface area contributed by atoms with Crippen LogP contribution in [0.4, 0.5) is 11.4 Å². The van der Waals surface area contributed by atoms with Gasteiger partial charge in [0.15, 0.2) is 31.2 Å². The Morgan fingerprint density at radius 1 is 0.797 bits per heavy atom. The highest BCUT2D eigenvalue weighted by Gasteiger charge is 2.48. The lowest BCUT2D eigenvalue weighted by Gasteiger charge is -2.38. The summed E-state index contributed by atoms with van der Waals surface area (Å²) < 4.78 is 35.3. The maximum Gasteiger partial charge on any atom is 0.335 e. The lowest BCUT2D eigenvalue weighted by Crippen LogP contribution is -2.61. The number of imide groups is 1. The Hall–Kier alpha value is -5.79. The van der Waals surface area contributed by atoms with E-state index >= 15 is 0 Å². The maximum absolute atomic E-state index is 13.2. The molecule has 3 heterocycles. The van der Waals surface area contributed by atoms with Crippen LogP contribution >= 0.6 is 43.5 Å². The van der Waals surface area contributed by atoms with Gasteiger partial charge in [0.2, 0.25) is 24.1 Å². The van der Waals surface area contributed by atoms with Crippen molar-refractivity contribution in [2.75, 3.05) is 76.5 Å². The molecule has 2 aromatic carbocycles. The van der Waals surface area contributed by atoms with Crippen LogP contribution in [0.1, 0.15) is 44.1 Å². The van der Waals surface area contributed by atoms with Gasteiger partial charge in [-0.3, -0.25) is 34.4 Å². The number of unbranched alkanes of at least 4 members (excludes halogenated alkanes) is 3. The minimum Gasteiger partial charge on any atom is -0.494 e. The fourth-order valence-electron chi connectivity index (χ4n) is 6.99. The Balaban J connectivity index is 1.06. The van der Waals surface area contributed by atoms with Crippen molar-refractivity contribution < 1.29 is 77.4 Å². The average molecular weight is 1180 g/mol. The molecule has 26 heteroatoms. The molecule has 74 heavy (non-hydrogen) atoms. The summed E-state index contributed by atoms with van der Waals surface area (Å²) in [4.78, 5) is 67.1. The first-order valence-corrected chi connectivity index (χ1v) is 25.4. The second-order valence-corrected chi connectivity index (χ2v) is 18.4. The normalized spacial score (nSPS) is 18.7. The molecular formula is C48H58Br2ClN8O15+. The van der Waals surface area contributed by atoms with Crippen molar-refractivity contribution in [1.82, 2.24) is 15.5 Å². The highest BCUT2D eigenvalue weighted by molar-refractivity contribution is 9.14. The van der Waals surface area contributed by atoms with Gasteiger partial charge in [0.25, 0.3) is 11.8 Å². The molecule has 1 aromatic heterocycles. The monoisotopic (exact) mass is 1180 g/mol. The number of carbonyl (C=O) groups is 5. The van der Waals surface area contributed by atoms with E-state index in [0.717, 1.165) is 36.3 Å². The fourth-order valence-corrected chi connectivity index (χ4v) is 7.88. The zero-order chi connectivity index (χ0) is 53.4. The van der Waals surface area contributed by atoms with Crippen molar-refractivity contribution in [3.63, 3.8) is 0 Å². The number of rotatable bonds is 30. The number of aliphatic imine (C=N–C) groups is 1. The predicted molar refractivity (Wildman–Crippen MR) is 272 cm³/mol. The predicted octanol–water partition coefficient (Wildman–Crippen LogP) is 2.68. The summed E-state index contributed by atoms with van der Waals surface area (Å²) in [6.07, 6.45) is -0.580. The molecule has 0 bridgehead atoms. The van der Waals surface area contributed by atoms with Crippen LogP contribution in [0.3, 0.4) is 0 Å². The topological polar surface area (TPSA) is 313 Å². The molecule has 5 atom stereocenters. The third-order valence-electron chi connectivity index (χ3n) is 10.9. The minimum atomic E-state index is -1.95. The molecule has 0 radical (unpaired) electrons. The summed E-state index contributed by atoms with van der Waals surface area (Å²) in [5, 5.41) is 61.7. The number of amides is 4. The third kappa shape index (κ3) is 19.2. The Morgan fingerprint density at radius 3 is 2.14 bits per heavy atom. The number of nitrogens with zero attached hydrogens (tertiary/aromatic N) is 4. The van der Waals surface area contributed by atoms with Gasteiger partial charge in [-0.15, -0.1) is 0 Å². The lowest BCUT2D eigenvalue weighted by molar-refractivity contribution is -0.688. The first kappa shape index (κ1) is 59.1. The molecule has 0 unspecified atom stereocenters. The minimum absolute atomic E-state index is 0.00629. The number of carbonyl (C=O) groups excluding carboxylic acids is 4. The average Bonchev–Trinajstić information content (AvgIpc) is 3.56. The summed E-state index contributed by atoms with van der Waals surface area (Å²) in [5.74, 6) is -2.41. The SMILES string of the molecule is N#CNC(=NCCCCCCOc1ccc(Cl)cc1)Nc1cc[n+](Cc2ccc(O[C@@H]3O[C@H](C(=O)O)[C@@H](O)[C@H](O)[C@H]3O)c(NC(=O)CCNC(=O)CCOCCOCCOCCN3C(=O)C(Br)=C(Br)C3=O)c2)cc1. The molecule has 3 aromatic rings. The van der Waals surface area contributed by atoms with Crippen LogP contribution in [0.5, 0.6) is 11.5 Å². The molecule has 0 saturated carbocycles. The van der Waals surface area contributed by atoms with E-state index in [9.17, 15) is 49.7 Å². The summed E-state index contributed by atoms with van der Waals surface area (Å²) in [5.41, 5.74) is 1.39. The van der Waals surface area contributed by atoms with Crippen molar-refractivity contribution >= 4 is 90.4 Å². The smallest absolute Gasteiger partial charge is 0.335 e. The van der Waals surface area contributed by atoms with E-state index < -0.39 is 54.4 Å². The molecule has 2 aliphatic heterocycles. The van der Waals surface area contributed by atoms with E-state index in [1.165, 1.54) is 6.07 Å². The number of aliphatic hydroxyl groups excluding tert-OH is 3.